The van der Waals surface area contributed by atoms with Crippen LogP contribution in [0.3, 0.4) is 0 Å². The lowest BCUT2D eigenvalue weighted by atomic mass is 9.64. The first-order valence-corrected chi connectivity index (χ1v) is 13.3. The maximum atomic E-state index is 14.2. The Balaban J connectivity index is 1.47. The number of anilines is 2. The Morgan fingerprint density at radius 3 is 2.50 bits per heavy atom. The Morgan fingerprint density at radius 2 is 1.85 bits per heavy atom. The minimum Gasteiger partial charge on any atom is -0.384 e. The second-order valence-electron chi connectivity index (χ2n) is 9.89. The minimum atomic E-state index is -4.29. The number of carbonyl (C=O) groups excluding carboxylic acids is 1. The van der Waals surface area contributed by atoms with E-state index in [2.05, 4.69) is 22.0 Å². The Bertz CT molecular complexity index is 1240. The van der Waals surface area contributed by atoms with E-state index in [0.29, 0.717) is 18.4 Å². The standard InChI is InChI=1S/C25H29F2N3O3S/c1-30-9-5-16(6-10-30)15-28-22-13-18(12-20-19(22)14-24(31)25(20)7-2-8-25)29-34(32,33)23-4-3-17(26)11-21(23)27/h3-4,11-13,16,28-29H,2,5-10,14-15H2,1H3. The summed E-state index contributed by atoms with van der Waals surface area (Å²) in [6.07, 6.45) is 4.96. The van der Waals surface area contributed by atoms with Crippen LogP contribution < -0.4 is 10.0 Å². The van der Waals surface area contributed by atoms with Gasteiger partial charge in [0.05, 0.1) is 11.1 Å². The van der Waals surface area contributed by atoms with Gasteiger partial charge in [-0.2, -0.15) is 0 Å². The lowest BCUT2D eigenvalue weighted by Crippen LogP contribution is -2.39. The van der Waals surface area contributed by atoms with Crippen LogP contribution in [0, 0.1) is 17.6 Å². The maximum absolute atomic E-state index is 14.2. The second-order valence-corrected chi connectivity index (χ2v) is 11.5. The molecule has 3 aliphatic rings. The van der Waals surface area contributed by atoms with E-state index in [-0.39, 0.29) is 11.5 Å². The summed E-state index contributed by atoms with van der Waals surface area (Å²) >= 11 is 0. The highest BCUT2D eigenvalue weighted by atomic mass is 32.2. The van der Waals surface area contributed by atoms with Crippen LogP contribution in [0.2, 0.25) is 0 Å². The molecule has 5 rings (SSSR count). The van der Waals surface area contributed by atoms with E-state index in [4.69, 9.17) is 0 Å². The van der Waals surface area contributed by atoms with E-state index in [0.717, 1.165) is 80.7 Å². The molecule has 0 radical (unpaired) electrons. The number of carbonyl (C=O) groups is 1. The fraction of sp³-hybridized carbons (Fsp3) is 0.480. The largest absolute Gasteiger partial charge is 0.384 e. The number of hydrogen-bond donors (Lipinski definition) is 2. The number of nitrogens with one attached hydrogen (secondary N) is 2. The molecule has 0 aromatic heterocycles. The molecule has 2 fully saturated rings. The van der Waals surface area contributed by atoms with Crippen LogP contribution in [-0.4, -0.2) is 45.8 Å². The summed E-state index contributed by atoms with van der Waals surface area (Å²) in [4.78, 5) is 14.6. The number of nitrogens with zero attached hydrogens (tertiary/aromatic N) is 1. The summed E-state index contributed by atoms with van der Waals surface area (Å²) in [5, 5.41) is 3.49. The van der Waals surface area contributed by atoms with E-state index in [1.807, 2.05) is 0 Å². The molecule has 9 heteroatoms. The van der Waals surface area contributed by atoms with Gasteiger partial charge in [0.2, 0.25) is 0 Å². The zero-order valence-electron chi connectivity index (χ0n) is 19.2. The number of Topliss-reactive ketones (excluding diaryl/α,β-unsaturated/α-hetero) is 1. The average molecular weight is 490 g/mol. The normalized spacial score (nSPS) is 20.3. The van der Waals surface area contributed by atoms with E-state index in [1.54, 1.807) is 12.1 Å². The van der Waals surface area contributed by atoms with Crippen LogP contribution in [0.4, 0.5) is 20.2 Å². The molecule has 2 aliphatic carbocycles. The highest BCUT2D eigenvalue weighted by Crippen LogP contribution is 2.52. The van der Waals surface area contributed by atoms with Crippen LogP contribution in [0.15, 0.2) is 35.2 Å². The molecular weight excluding hydrogens is 460 g/mol. The van der Waals surface area contributed by atoms with Crippen LogP contribution >= 0.6 is 0 Å². The molecule has 1 saturated heterocycles. The van der Waals surface area contributed by atoms with E-state index in [9.17, 15) is 22.0 Å². The summed E-state index contributed by atoms with van der Waals surface area (Å²) < 4.78 is 55.8. The molecule has 0 bridgehead atoms. The molecule has 34 heavy (non-hydrogen) atoms. The number of ketones is 1. The number of hydrogen-bond acceptors (Lipinski definition) is 5. The van der Waals surface area contributed by atoms with Gasteiger partial charge in [-0.25, -0.2) is 17.2 Å². The lowest BCUT2D eigenvalue weighted by Gasteiger charge is -2.38. The molecule has 0 atom stereocenters. The van der Waals surface area contributed by atoms with Crippen molar-refractivity contribution in [2.24, 2.45) is 5.92 Å². The van der Waals surface area contributed by atoms with Crippen molar-refractivity contribution in [1.82, 2.24) is 4.90 Å². The van der Waals surface area contributed by atoms with Crippen LogP contribution in [-0.2, 0) is 26.7 Å². The first-order valence-electron chi connectivity index (χ1n) is 11.8. The second kappa shape index (κ2) is 8.61. The predicted octanol–water partition coefficient (Wildman–Crippen LogP) is 4.07. The molecule has 1 heterocycles. The van der Waals surface area contributed by atoms with Gasteiger partial charge in [-0.1, -0.05) is 6.42 Å². The molecule has 1 spiro atoms. The van der Waals surface area contributed by atoms with Gasteiger partial charge in [-0.15, -0.1) is 0 Å². The van der Waals surface area contributed by atoms with Gasteiger partial charge in [0.25, 0.3) is 10.0 Å². The molecule has 0 unspecified atom stereocenters. The van der Waals surface area contributed by atoms with Gasteiger partial charge >= 0.3 is 0 Å². The monoisotopic (exact) mass is 489 g/mol. The smallest absolute Gasteiger partial charge is 0.264 e. The van der Waals surface area contributed by atoms with Crippen LogP contribution in [0.1, 0.15) is 43.2 Å². The number of halogens is 2. The summed E-state index contributed by atoms with van der Waals surface area (Å²) in [6.45, 7) is 2.81. The number of benzene rings is 2. The zero-order chi connectivity index (χ0) is 24.1. The maximum Gasteiger partial charge on any atom is 0.264 e. The van der Waals surface area contributed by atoms with Crippen molar-refractivity contribution < 1.29 is 22.0 Å². The van der Waals surface area contributed by atoms with Crippen molar-refractivity contribution >= 4 is 27.2 Å². The number of piperidine rings is 1. The predicted molar refractivity (Wildman–Crippen MR) is 127 cm³/mol. The molecule has 2 N–H and O–H groups in total. The summed E-state index contributed by atoms with van der Waals surface area (Å²) in [5.74, 6) is -1.32. The molecule has 1 saturated carbocycles. The Morgan fingerprint density at radius 1 is 1.12 bits per heavy atom. The molecule has 2 aromatic carbocycles. The van der Waals surface area contributed by atoms with Gasteiger partial charge in [0.1, 0.15) is 22.3 Å². The van der Waals surface area contributed by atoms with Gasteiger partial charge in [-0.05, 0) is 87.1 Å². The van der Waals surface area contributed by atoms with Gasteiger partial charge < -0.3 is 10.2 Å². The molecule has 6 nitrogen and oxygen atoms in total. The molecule has 0 amide bonds. The number of likely N-dealkylation sites (tertiary alicyclic amines) is 1. The van der Waals surface area contributed by atoms with Crippen molar-refractivity contribution in [3.63, 3.8) is 0 Å². The van der Waals surface area contributed by atoms with Crippen LogP contribution in [0.5, 0.6) is 0 Å². The third kappa shape index (κ3) is 4.09. The van der Waals surface area contributed by atoms with E-state index < -0.39 is 32.0 Å². The zero-order valence-corrected chi connectivity index (χ0v) is 20.0. The van der Waals surface area contributed by atoms with E-state index >= 15 is 0 Å². The number of sulfonamides is 1. The van der Waals surface area contributed by atoms with Crippen molar-refractivity contribution in [3.05, 3.63) is 53.1 Å². The summed E-state index contributed by atoms with van der Waals surface area (Å²) in [5.41, 5.74) is 2.30. The third-order valence-electron chi connectivity index (χ3n) is 7.70. The Kier molecular flexibility index (Phi) is 5.88. The number of fused-ring (bicyclic) bond motifs is 2. The molecule has 182 valence electrons. The Hall–Kier alpha value is -2.52. The first-order chi connectivity index (χ1) is 16.2. The van der Waals surface area contributed by atoms with Crippen molar-refractivity contribution in [2.75, 3.05) is 36.7 Å². The lowest BCUT2D eigenvalue weighted by molar-refractivity contribution is -0.125. The van der Waals surface area contributed by atoms with Crippen molar-refractivity contribution in [1.29, 1.82) is 0 Å². The fourth-order valence-corrected chi connectivity index (χ4v) is 6.59. The third-order valence-corrected chi connectivity index (χ3v) is 9.11. The number of rotatable bonds is 6. The first kappa shape index (κ1) is 23.2. The highest BCUT2D eigenvalue weighted by molar-refractivity contribution is 7.92. The van der Waals surface area contributed by atoms with Crippen LogP contribution in [0.25, 0.3) is 0 Å². The SMILES string of the molecule is CN1CCC(CNc2cc(NS(=O)(=O)c3ccc(F)cc3F)cc3c2CC(=O)C32CCC2)CC1. The minimum absolute atomic E-state index is 0.181. The molecule has 2 aromatic rings. The fourth-order valence-electron chi connectivity index (χ4n) is 5.49. The van der Waals surface area contributed by atoms with Crippen molar-refractivity contribution in [3.8, 4) is 0 Å². The summed E-state index contributed by atoms with van der Waals surface area (Å²) in [7, 11) is -2.18. The average Bonchev–Trinajstić information content (AvgIpc) is 3.04. The van der Waals surface area contributed by atoms with Crippen molar-refractivity contribution in [2.45, 2.75) is 48.8 Å². The van der Waals surface area contributed by atoms with E-state index in [1.165, 1.54) is 0 Å². The topological polar surface area (TPSA) is 78.5 Å². The van der Waals surface area contributed by atoms with Gasteiger partial charge in [0, 0.05) is 24.7 Å². The summed E-state index contributed by atoms with van der Waals surface area (Å²) in [6, 6.07) is 5.79. The van der Waals surface area contributed by atoms with Gasteiger partial charge in [-0.3, -0.25) is 9.52 Å². The van der Waals surface area contributed by atoms with Gasteiger partial charge in [0.15, 0.2) is 0 Å². The molecule has 1 aliphatic heterocycles. The highest BCUT2D eigenvalue weighted by Gasteiger charge is 2.51. The molecular formula is C25H29F2N3O3S. The Labute approximate surface area is 198 Å². The quantitative estimate of drug-likeness (QED) is 0.640.